The van der Waals surface area contributed by atoms with Crippen LogP contribution in [0.4, 0.5) is 5.69 Å². The van der Waals surface area contributed by atoms with Gasteiger partial charge in [-0.1, -0.05) is 12.1 Å². The lowest BCUT2D eigenvalue weighted by Gasteiger charge is -2.06. The van der Waals surface area contributed by atoms with E-state index >= 15 is 0 Å². The van der Waals surface area contributed by atoms with Gasteiger partial charge in [-0.25, -0.2) is 4.79 Å². The maximum atomic E-state index is 11.6. The fraction of sp³-hybridized carbons (Fsp3) is 0.133. The summed E-state index contributed by atoms with van der Waals surface area (Å²) in [6.07, 6.45) is 0. The molecule has 0 heterocycles. The van der Waals surface area contributed by atoms with Crippen molar-refractivity contribution in [3.8, 4) is 16.9 Å². The van der Waals surface area contributed by atoms with Gasteiger partial charge in [-0.3, -0.25) is 10.1 Å². The van der Waals surface area contributed by atoms with Gasteiger partial charge in [-0.15, -0.1) is 0 Å². The average molecular weight is 287 g/mol. The number of nitrogens with zero attached hydrogens (tertiary/aromatic N) is 1. The number of rotatable bonds is 4. The molecular formula is C15H13NO5. The van der Waals surface area contributed by atoms with Crippen LogP contribution in [-0.2, 0) is 4.74 Å². The van der Waals surface area contributed by atoms with Gasteiger partial charge in [0.2, 0.25) is 0 Å². The molecule has 0 amide bonds. The number of carbonyl (C=O) groups excluding carboxylic acids is 1. The summed E-state index contributed by atoms with van der Waals surface area (Å²) in [6.45, 7) is 0. The molecule has 0 saturated heterocycles. The first-order valence-electron chi connectivity index (χ1n) is 6.07. The lowest BCUT2D eigenvalue weighted by Crippen LogP contribution is -2.02. The highest BCUT2D eigenvalue weighted by Crippen LogP contribution is 2.27. The fourth-order valence-electron chi connectivity index (χ4n) is 1.90. The van der Waals surface area contributed by atoms with Gasteiger partial charge in [0.05, 0.1) is 24.7 Å². The zero-order valence-electron chi connectivity index (χ0n) is 11.5. The molecule has 0 radical (unpaired) electrons. The second-order valence-electron chi connectivity index (χ2n) is 4.25. The van der Waals surface area contributed by atoms with Crippen molar-refractivity contribution in [2.75, 3.05) is 14.2 Å². The molecule has 2 aromatic rings. The third kappa shape index (κ3) is 3.17. The van der Waals surface area contributed by atoms with E-state index < -0.39 is 10.9 Å². The minimum Gasteiger partial charge on any atom is -0.497 e. The van der Waals surface area contributed by atoms with Crippen molar-refractivity contribution in [3.05, 3.63) is 58.1 Å². The predicted molar refractivity (Wildman–Crippen MR) is 76.4 cm³/mol. The van der Waals surface area contributed by atoms with Crippen LogP contribution in [0.2, 0.25) is 0 Å². The molecule has 0 aliphatic rings. The molecule has 0 fully saturated rings. The Morgan fingerprint density at radius 3 is 2.24 bits per heavy atom. The van der Waals surface area contributed by atoms with Gasteiger partial charge in [0.25, 0.3) is 5.69 Å². The van der Waals surface area contributed by atoms with E-state index in [9.17, 15) is 14.9 Å². The van der Waals surface area contributed by atoms with Gasteiger partial charge in [0, 0.05) is 12.1 Å². The number of non-ortho nitro benzene ring substituents is 1. The van der Waals surface area contributed by atoms with E-state index in [-0.39, 0.29) is 11.3 Å². The first kappa shape index (κ1) is 14.5. The standard InChI is InChI=1S/C15H13NO5/c1-20-14-5-3-10(4-6-14)11-7-12(15(17)21-2)9-13(8-11)16(18)19/h3-9H,1-2H3. The third-order valence-corrected chi connectivity index (χ3v) is 2.97. The minimum atomic E-state index is -0.617. The lowest BCUT2D eigenvalue weighted by atomic mass is 10.0. The molecule has 21 heavy (non-hydrogen) atoms. The van der Waals surface area contributed by atoms with Crippen LogP contribution < -0.4 is 4.74 Å². The Bertz CT molecular complexity index is 679. The zero-order chi connectivity index (χ0) is 15.4. The molecule has 0 aromatic heterocycles. The van der Waals surface area contributed by atoms with Crippen molar-refractivity contribution in [2.45, 2.75) is 0 Å². The molecule has 0 atom stereocenters. The molecule has 0 spiro atoms. The van der Waals surface area contributed by atoms with Gasteiger partial charge in [0.15, 0.2) is 0 Å². The van der Waals surface area contributed by atoms with Gasteiger partial charge in [-0.05, 0) is 29.3 Å². The summed E-state index contributed by atoms with van der Waals surface area (Å²) < 4.78 is 9.68. The number of benzene rings is 2. The summed E-state index contributed by atoms with van der Waals surface area (Å²) in [5.41, 5.74) is 1.28. The number of ether oxygens (including phenoxy) is 2. The summed E-state index contributed by atoms with van der Waals surface area (Å²) in [7, 11) is 2.78. The third-order valence-electron chi connectivity index (χ3n) is 2.97. The minimum absolute atomic E-state index is 0.137. The number of carbonyl (C=O) groups is 1. The van der Waals surface area contributed by atoms with Crippen molar-refractivity contribution < 1.29 is 19.2 Å². The van der Waals surface area contributed by atoms with Gasteiger partial charge in [-0.2, -0.15) is 0 Å². The second kappa shape index (κ2) is 6.04. The highest BCUT2D eigenvalue weighted by atomic mass is 16.6. The van der Waals surface area contributed by atoms with E-state index in [1.807, 2.05) is 0 Å². The molecule has 0 aliphatic carbocycles. The molecule has 2 rings (SSSR count). The van der Waals surface area contributed by atoms with Gasteiger partial charge >= 0.3 is 5.97 Å². The van der Waals surface area contributed by atoms with E-state index in [0.717, 1.165) is 5.56 Å². The number of nitro groups is 1. The molecule has 6 nitrogen and oxygen atoms in total. The predicted octanol–water partition coefficient (Wildman–Crippen LogP) is 3.06. The number of nitro benzene ring substituents is 1. The van der Waals surface area contributed by atoms with Crippen LogP contribution in [0.25, 0.3) is 11.1 Å². The molecule has 2 aromatic carbocycles. The molecule has 0 aliphatic heterocycles. The smallest absolute Gasteiger partial charge is 0.338 e. The van der Waals surface area contributed by atoms with Gasteiger partial charge in [0.1, 0.15) is 5.75 Å². The highest BCUT2D eigenvalue weighted by Gasteiger charge is 2.15. The Morgan fingerprint density at radius 1 is 1.05 bits per heavy atom. The summed E-state index contributed by atoms with van der Waals surface area (Å²) in [5, 5.41) is 11.0. The first-order valence-corrected chi connectivity index (χ1v) is 6.07. The molecule has 0 N–H and O–H groups in total. The normalized spacial score (nSPS) is 10.0. The fourth-order valence-corrected chi connectivity index (χ4v) is 1.90. The molecular weight excluding hydrogens is 274 g/mol. The quantitative estimate of drug-likeness (QED) is 0.490. The largest absolute Gasteiger partial charge is 0.497 e. The van der Waals surface area contributed by atoms with Crippen LogP contribution in [-0.4, -0.2) is 25.1 Å². The van der Waals surface area contributed by atoms with Crippen molar-refractivity contribution in [2.24, 2.45) is 0 Å². The summed E-state index contributed by atoms with van der Waals surface area (Å²) in [6, 6.07) is 11.2. The summed E-state index contributed by atoms with van der Waals surface area (Å²) in [5.74, 6) is 0.0610. The van der Waals surface area contributed by atoms with Gasteiger partial charge < -0.3 is 9.47 Å². The van der Waals surface area contributed by atoms with Crippen LogP contribution in [0.3, 0.4) is 0 Å². The zero-order valence-corrected chi connectivity index (χ0v) is 11.5. The number of methoxy groups -OCH3 is 2. The maximum absolute atomic E-state index is 11.6. The Labute approximate surface area is 121 Å². The van der Waals surface area contributed by atoms with Crippen molar-refractivity contribution >= 4 is 11.7 Å². The van der Waals surface area contributed by atoms with Crippen molar-refractivity contribution in [3.63, 3.8) is 0 Å². The van der Waals surface area contributed by atoms with Crippen LogP contribution in [0.15, 0.2) is 42.5 Å². The average Bonchev–Trinajstić information content (AvgIpc) is 2.53. The molecule has 0 bridgehead atoms. The Morgan fingerprint density at radius 2 is 1.71 bits per heavy atom. The van der Waals surface area contributed by atoms with Crippen molar-refractivity contribution in [1.29, 1.82) is 0 Å². The lowest BCUT2D eigenvalue weighted by molar-refractivity contribution is -0.384. The highest BCUT2D eigenvalue weighted by molar-refractivity contribution is 5.92. The van der Waals surface area contributed by atoms with Crippen LogP contribution >= 0.6 is 0 Å². The Balaban J connectivity index is 2.53. The summed E-state index contributed by atoms with van der Waals surface area (Å²) in [4.78, 5) is 22.0. The maximum Gasteiger partial charge on any atom is 0.338 e. The van der Waals surface area contributed by atoms with Crippen molar-refractivity contribution in [1.82, 2.24) is 0 Å². The van der Waals surface area contributed by atoms with Crippen LogP contribution in [0.1, 0.15) is 10.4 Å². The summed E-state index contributed by atoms with van der Waals surface area (Å²) >= 11 is 0. The topological polar surface area (TPSA) is 78.7 Å². The monoisotopic (exact) mass is 287 g/mol. The number of hydrogen-bond donors (Lipinski definition) is 0. The van der Waals surface area contributed by atoms with E-state index in [0.29, 0.717) is 11.3 Å². The second-order valence-corrected chi connectivity index (χ2v) is 4.25. The Kier molecular flexibility index (Phi) is 4.18. The molecule has 0 saturated carbocycles. The van der Waals surface area contributed by atoms with E-state index in [1.54, 1.807) is 37.4 Å². The van der Waals surface area contributed by atoms with E-state index in [4.69, 9.17) is 4.74 Å². The Hall–Kier alpha value is -2.89. The van der Waals surface area contributed by atoms with Crippen LogP contribution in [0.5, 0.6) is 5.75 Å². The molecule has 0 unspecified atom stereocenters. The number of hydrogen-bond acceptors (Lipinski definition) is 5. The SMILES string of the molecule is COC(=O)c1cc(-c2ccc(OC)cc2)cc([N+](=O)[O-])c1. The number of esters is 1. The molecule has 6 heteroatoms. The molecule has 108 valence electrons. The first-order chi connectivity index (χ1) is 10.0. The van der Waals surface area contributed by atoms with Crippen LogP contribution in [0, 0.1) is 10.1 Å². The van der Waals surface area contributed by atoms with E-state index in [2.05, 4.69) is 4.74 Å². The van der Waals surface area contributed by atoms with E-state index in [1.165, 1.54) is 19.2 Å².